The van der Waals surface area contributed by atoms with E-state index < -0.39 is 0 Å². The quantitative estimate of drug-likeness (QED) is 0.191. The van der Waals surface area contributed by atoms with E-state index >= 15 is 0 Å². The molecule has 0 aliphatic carbocycles. The van der Waals surface area contributed by atoms with Crippen LogP contribution in [0.5, 0.6) is 0 Å². The summed E-state index contributed by atoms with van der Waals surface area (Å²) in [5.74, 6) is 0. The van der Waals surface area contributed by atoms with E-state index in [0.717, 1.165) is 0 Å². The second kappa shape index (κ2) is 5.64. The number of aliphatic imine (C=N–C) groups is 1. The fourth-order valence-corrected chi connectivity index (χ4v) is 0.537. The molecule has 3 nitrogen and oxygen atoms in total. The first-order valence-electron chi connectivity index (χ1n) is 1.98. The topological polar surface area (TPSA) is 50.4 Å². The minimum atomic E-state index is 0.587. The Bertz CT molecular complexity index is 80.6. The van der Waals surface area contributed by atoms with Crippen LogP contribution in [0.25, 0.3) is 0 Å². The van der Waals surface area contributed by atoms with Gasteiger partial charge in [-0.15, -0.1) is 0 Å². The van der Waals surface area contributed by atoms with E-state index in [0.29, 0.717) is 10.5 Å². The molecular formula is C3H8IN3S. The number of amidine groups is 1. The standard InChI is InChI=1S/C3H8IN3S/c1-8-7-2-6-3(4)5/h7H,2H2,1H3,(H2,5,6). The molecule has 0 heterocycles. The fourth-order valence-electron chi connectivity index (χ4n) is 0.172. The fraction of sp³-hybridized carbons (Fsp3) is 0.667. The summed E-state index contributed by atoms with van der Waals surface area (Å²) in [6.07, 6.45) is 1.94. The number of halogens is 1. The van der Waals surface area contributed by atoms with Crippen molar-refractivity contribution < 1.29 is 0 Å². The Hall–Kier alpha value is 0.510. The van der Waals surface area contributed by atoms with E-state index in [4.69, 9.17) is 5.73 Å². The number of nitrogens with zero attached hydrogens (tertiary/aromatic N) is 1. The van der Waals surface area contributed by atoms with E-state index in [2.05, 4.69) is 9.71 Å². The summed E-state index contributed by atoms with van der Waals surface area (Å²) in [5.41, 5.74) is 5.22. The lowest BCUT2D eigenvalue weighted by atomic mass is 11.1. The summed E-state index contributed by atoms with van der Waals surface area (Å²) >= 11 is 3.49. The van der Waals surface area contributed by atoms with Crippen LogP contribution in [-0.2, 0) is 0 Å². The summed E-state index contributed by atoms with van der Waals surface area (Å²) in [4.78, 5) is 3.86. The average Bonchev–Trinajstić information content (AvgIpc) is 1.66. The molecule has 8 heavy (non-hydrogen) atoms. The lowest BCUT2D eigenvalue weighted by Crippen LogP contribution is -2.08. The van der Waals surface area contributed by atoms with Crippen molar-refractivity contribution in [2.24, 2.45) is 10.7 Å². The SMILES string of the molecule is CSNCN=C(N)I. The lowest BCUT2D eigenvalue weighted by Gasteiger charge is -1.91. The van der Waals surface area contributed by atoms with Crippen molar-refractivity contribution in [2.75, 3.05) is 12.9 Å². The Morgan fingerprint density at radius 3 is 3.00 bits per heavy atom. The predicted octanol–water partition coefficient (Wildman–Crippen LogP) is 0.561. The maximum atomic E-state index is 5.22. The molecule has 48 valence electrons. The van der Waals surface area contributed by atoms with Gasteiger partial charge in [0.25, 0.3) is 0 Å². The van der Waals surface area contributed by atoms with Crippen molar-refractivity contribution in [3.63, 3.8) is 0 Å². The number of nitrogens with one attached hydrogen (secondary N) is 1. The van der Waals surface area contributed by atoms with E-state index in [1.807, 2.05) is 28.8 Å². The zero-order valence-electron chi connectivity index (χ0n) is 4.52. The van der Waals surface area contributed by atoms with Gasteiger partial charge in [0.05, 0.1) is 0 Å². The Morgan fingerprint density at radius 2 is 2.62 bits per heavy atom. The maximum absolute atomic E-state index is 5.22. The third-order valence-electron chi connectivity index (χ3n) is 0.439. The number of nitrogens with two attached hydrogens (primary N) is 1. The lowest BCUT2D eigenvalue weighted by molar-refractivity contribution is 0.990. The van der Waals surface area contributed by atoms with Crippen LogP contribution in [0.4, 0.5) is 0 Å². The van der Waals surface area contributed by atoms with Crippen LogP contribution in [0.15, 0.2) is 4.99 Å². The van der Waals surface area contributed by atoms with Crippen molar-refractivity contribution in [1.82, 2.24) is 4.72 Å². The highest BCUT2D eigenvalue weighted by molar-refractivity contribution is 14.1. The molecule has 0 saturated carbocycles. The molecule has 0 spiro atoms. The van der Waals surface area contributed by atoms with Gasteiger partial charge in [-0.2, -0.15) is 0 Å². The zero-order chi connectivity index (χ0) is 6.41. The molecule has 0 aliphatic heterocycles. The Balaban J connectivity index is 3.03. The van der Waals surface area contributed by atoms with Gasteiger partial charge in [-0.25, -0.2) is 9.71 Å². The normalized spacial score (nSPS) is 12.0. The van der Waals surface area contributed by atoms with E-state index in [-0.39, 0.29) is 0 Å². The molecule has 0 aliphatic rings. The van der Waals surface area contributed by atoms with Crippen molar-refractivity contribution in [3.8, 4) is 0 Å². The average molecular weight is 245 g/mol. The van der Waals surface area contributed by atoms with E-state index in [1.54, 1.807) is 0 Å². The van der Waals surface area contributed by atoms with Crippen LogP contribution < -0.4 is 10.5 Å². The van der Waals surface area contributed by atoms with Gasteiger partial charge in [-0.05, 0) is 28.8 Å². The number of hydrogen-bond donors (Lipinski definition) is 2. The van der Waals surface area contributed by atoms with Gasteiger partial charge in [-0.1, -0.05) is 11.9 Å². The predicted molar refractivity (Wildman–Crippen MR) is 47.2 cm³/mol. The summed E-state index contributed by atoms with van der Waals surface area (Å²) in [6, 6.07) is 0. The first kappa shape index (κ1) is 8.51. The molecule has 0 unspecified atom stereocenters. The molecule has 0 radical (unpaired) electrons. The Labute approximate surface area is 66.8 Å². The Kier molecular flexibility index (Phi) is 6.00. The molecular weight excluding hydrogens is 237 g/mol. The molecule has 0 bridgehead atoms. The molecule has 0 aromatic carbocycles. The van der Waals surface area contributed by atoms with E-state index in [9.17, 15) is 0 Å². The van der Waals surface area contributed by atoms with Crippen molar-refractivity contribution >= 4 is 38.4 Å². The minimum Gasteiger partial charge on any atom is -0.379 e. The molecule has 0 saturated heterocycles. The van der Waals surface area contributed by atoms with Crippen LogP contribution in [0.3, 0.4) is 0 Å². The van der Waals surface area contributed by atoms with Crippen molar-refractivity contribution in [2.45, 2.75) is 0 Å². The molecule has 0 amide bonds. The second-order valence-electron chi connectivity index (χ2n) is 0.987. The van der Waals surface area contributed by atoms with Gasteiger partial charge in [0.1, 0.15) is 6.67 Å². The van der Waals surface area contributed by atoms with Gasteiger partial charge >= 0.3 is 0 Å². The van der Waals surface area contributed by atoms with Crippen LogP contribution in [0, 0.1) is 0 Å². The van der Waals surface area contributed by atoms with Crippen LogP contribution in [0.2, 0.25) is 0 Å². The van der Waals surface area contributed by atoms with Gasteiger partial charge in [0, 0.05) is 0 Å². The molecule has 0 fully saturated rings. The molecule has 0 rings (SSSR count). The highest BCUT2D eigenvalue weighted by Gasteiger charge is 1.77. The summed E-state index contributed by atoms with van der Waals surface area (Å²) in [6.45, 7) is 0.593. The zero-order valence-corrected chi connectivity index (χ0v) is 7.49. The van der Waals surface area contributed by atoms with Gasteiger partial charge in [-0.3, -0.25) is 0 Å². The van der Waals surface area contributed by atoms with Crippen LogP contribution in [0.1, 0.15) is 0 Å². The second-order valence-corrected chi connectivity index (χ2v) is 2.79. The van der Waals surface area contributed by atoms with Gasteiger partial charge in [0.2, 0.25) is 0 Å². The molecule has 0 atom stereocenters. The highest BCUT2D eigenvalue weighted by Crippen LogP contribution is 1.83. The minimum absolute atomic E-state index is 0.587. The monoisotopic (exact) mass is 245 g/mol. The van der Waals surface area contributed by atoms with Gasteiger partial charge in [0.15, 0.2) is 3.84 Å². The third-order valence-corrected chi connectivity index (χ3v) is 1.20. The molecule has 0 aromatic heterocycles. The maximum Gasteiger partial charge on any atom is 0.158 e. The third kappa shape index (κ3) is 6.51. The first-order valence-corrected chi connectivity index (χ1v) is 4.29. The Morgan fingerprint density at radius 1 is 2.00 bits per heavy atom. The van der Waals surface area contributed by atoms with Crippen LogP contribution >= 0.6 is 34.5 Å². The highest BCUT2D eigenvalue weighted by atomic mass is 127. The molecule has 5 heteroatoms. The van der Waals surface area contributed by atoms with E-state index in [1.165, 1.54) is 11.9 Å². The summed E-state index contributed by atoms with van der Waals surface area (Å²) in [5, 5.41) is 0. The van der Waals surface area contributed by atoms with Crippen molar-refractivity contribution in [3.05, 3.63) is 0 Å². The molecule has 3 N–H and O–H groups in total. The van der Waals surface area contributed by atoms with Crippen molar-refractivity contribution in [1.29, 1.82) is 0 Å². The van der Waals surface area contributed by atoms with Gasteiger partial charge < -0.3 is 5.73 Å². The molecule has 0 aromatic rings. The van der Waals surface area contributed by atoms with Crippen LogP contribution in [-0.4, -0.2) is 16.8 Å². The summed E-state index contributed by atoms with van der Waals surface area (Å²) < 4.78 is 3.51. The number of rotatable bonds is 3. The summed E-state index contributed by atoms with van der Waals surface area (Å²) in [7, 11) is 0. The first-order chi connectivity index (χ1) is 3.77. The largest absolute Gasteiger partial charge is 0.379 e. The smallest absolute Gasteiger partial charge is 0.158 e. The number of hydrogen-bond acceptors (Lipinski definition) is 3.